The second-order valence-electron chi connectivity index (χ2n) is 5.26. The molecule has 0 saturated carbocycles. The molecular formula is C16H23NO7S. The quantitative estimate of drug-likeness (QED) is 0.609. The Hall–Kier alpha value is -1.65. The number of rotatable bonds is 10. The van der Waals surface area contributed by atoms with Gasteiger partial charge in [0.05, 0.1) is 19.4 Å². The number of sulfonamides is 1. The van der Waals surface area contributed by atoms with Crippen molar-refractivity contribution in [3.63, 3.8) is 0 Å². The van der Waals surface area contributed by atoms with Crippen LogP contribution in [-0.4, -0.2) is 60.7 Å². The summed E-state index contributed by atoms with van der Waals surface area (Å²) in [6.45, 7) is -0.0518. The molecule has 0 saturated heterocycles. The van der Waals surface area contributed by atoms with Gasteiger partial charge >= 0.3 is 0 Å². The van der Waals surface area contributed by atoms with E-state index in [9.17, 15) is 8.42 Å². The lowest BCUT2D eigenvalue weighted by atomic mass is 10.3. The standard InChI is InChI=1S/C16H23NO7S/c1-20-13-4-6-14(7-5-13)23-10-11-25(18,19)17-12-16(22-3)9-8-15(21-2)24-16/h4-9,15,17H,10-12H2,1-3H3. The van der Waals surface area contributed by atoms with Crippen molar-refractivity contribution < 1.29 is 32.1 Å². The fourth-order valence-electron chi connectivity index (χ4n) is 2.14. The number of benzene rings is 1. The van der Waals surface area contributed by atoms with Crippen molar-refractivity contribution in [1.29, 1.82) is 0 Å². The molecule has 1 aliphatic rings. The van der Waals surface area contributed by atoms with E-state index in [2.05, 4.69) is 4.72 Å². The summed E-state index contributed by atoms with van der Waals surface area (Å²) in [6.07, 6.45) is 2.71. The molecule has 2 rings (SSSR count). The van der Waals surface area contributed by atoms with Crippen molar-refractivity contribution in [2.45, 2.75) is 12.1 Å². The van der Waals surface area contributed by atoms with Gasteiger partial charge < -0.3 is 23.7 Å². The van der Waals surface area contributed by atoms with Crippen LogP contribution in [0.5, 0.6) is 11.5 Å². The average Bonchev–Trinajstić information content (AvgIpc) is 3.05. The van der Waals surface area contributed by atoms with Gasteiger partial charge in [-0.25, -0.2) is 13.1 Å². The molecule has 25 heavy (non-hydrogen) atoms. The van der Waals surface area contributed by atoms with E-state index in [1.807, 2.05) is 0 Å². The average molecular weight is 373 g/mol. The zero-order valence-corrected chi connectivity index (χ0v) is 15.2. The lowest BCUT2D eigenvalue weighted by Crippen LogP contribution is -2.45. The summed E-state index contributed by atoms with van der Waals surface area (Å²) in [5.41, 5.74) is 0. The minimum atomic E-state index is -3.56. The van der Waals surface area contributed by atoms with E-state index in [1.54, 1.807) is 43.5 Å². The van der Waals surface area contributed by atoms with Gasteiger partial charge in [-0.15, -0.1) is 0 Å². The van der Waals surface area contributed by atoms with Gasteiger partial charge in [-0.1, -0.05) is 0 Å². The molecule has 8 nitrogen and oxygen atoms in total. The van der Waals surface area contributed by atoms with Gasteiger partial charge in [0.25, 0.3) is 0 Å². The largest absolute Gasteiger partial charge is 0.497 e. The first-order valence-corrected chi connectivity index (χ1v) is 9.26. The first kappa shape index (κ1) is 19.7. The van der Waals surface area contributed by atoms with Crippen molar-refractivity contribution in [3.05, 3.63) is 36.4 Å². The van der Waals surface area contributed by atoms with E-state index in [1.165, 1.54) is 14.2 Å². The molecule has 0 bridgehead atoms. The van der Waals surface area contributed by atoms with Gasteiger partial charge in [-0.2, -0.15) is 0 Å². The zero-order chi connectivity index (χ0) is 18.3. The molecule has 1 aromatic carbocycles. The lowest BCUT2D eigenvalue weighted by molar-refractivity contribution is -0.237. The third-order valence-electron chi connectivity index (χ3n) is 3.62. The molecule has 9 heteroatoms. The van der Waals surface area contributed by atoms with Crippen LogP contribution in [0.3, 0.4) is 0 Å². The third-order valence-corrected chi connectivity index (χ3v) is 4.91. The number of ether oxygens (including phenoxy) is 5. The van der Waals surface area contributed by atoms with E-state index < -0.39 is 22.1 Å². The van der Waals surface area contributed by atoms with Crippen LogP contribution in [0.25, 0.3) is 0 Å². The SMILES string of the molecule is COc1ccc(OCCS(=O)(=O)NCC2(OC)C=CC(OC)O2)cc1. The highest BCUT2D eigenvalue weighted by atomic mass is 32.2. The normalized spacial score (nSPS) is 22.9. The van der Waals surface area contributed by atoms with Gasteiger partial charge in [0.15, 0.2) is 6.29 Å². The summed E-state index contributed by atoms with van der Waals surface area (Å²) in [4.78, 5) is 0. The summed E-state index contributed by atoms with van der Waals surface area (Å²) < 4.78 is 53.0. The number of methoxy groups -OCH3 is 3. The van der Waals surface area contributed by atoms with E-state index in [-0.39, 0.29) is 18.9 Å². The predicted molar refractivity (Wildman–Crippen MR) is 91.0 cm³/mol. The molecule has 1 N–H and O–H groups in total. The number of nitrogens with one attached hydrogen (secondary N) is 1. The van der Waals surface area contributed by atoms with Crippen molar-refractivity contribution in [2.75, 3.05) is 40.2 Å². The van der Waals surface area contributed by atoms with Gasteiger partial charge in [-0.05, 0) is 36.4 Å². The Balaban J connectivity index is 1.80. The Morgan fingerprint density at radius 2 is 1.84 bits per heavy atom. The molecule has 140 valence electrons. The predicted octanol–water partition coefficient (Wildman–Crippen LogP) is 0.895. The summed E-state index contributed by atoms with van der Waals surface area (Å²) in [5.74, 6) is -0.110. The second kappa shape index (κ2) is 8.63. The smallest absolute Gasteiger partial charge is 0.215 e. The topological polar surface area (TPSA) is 92.3 Å². The van der Waals surface area contributed by atoms with Crippen LogP contribution in [-0.2, 0) is 24.2 Å². The fourth-order valence-corrected chi connectivity index (χ4v) is 3.01. The Morgan fingerprint density at radius 3 is 2.40 bits per heavy atom. The van der Waals surface area contributed by atoms with Crippen LogP contribution >= 0.6 is 0 Å². The lowest BCUT2D eigenvalue weighted by Gasteiger charge is -2.27. The Morgan fingerprint density at radius 1 is 1.16 bits per heavy atom. The van der Waals surface area contributed by atoms with Gasteiger partial charge in [0, 0.05) is 14.2 Å². The van der Waals surface area contributed by atoms with Crippen LogP contribution in [0.4, 0.5) is 0 Å². The molecule has 0 fully saturated rings. The highest BCUT2D eigenvalue weighted by Gasteiger charge is 2.36. The van der Waals surface area contributed by atoms with Crippen molar-refractivity contribution in [2.24, 2.45) is 0 Å². The van der Waals surface area contributed by atoms with E-state index in [4.69, 9.17) is 23.7 Å². The zero-order valence-electron chi connectivity index (χ0n) is 14.4. The molecule has 1 heterocycles. The summed E-state index contributed by atoms with van der Waals surface area (Å²) >= 11 is 0. The van der Waals surface area contributed by atoms with Crippen molar-refractivity contribution in [1.82, 2.24) is 4.72 Å². The monoisotopic (exact) mass is 373 g/mol. The molecule has 0 aliphatic carbocycles. The number of hydrogen-bond acceptors (Lipinski definition) is 7. The maximum Gasteiger partial charge on any atom is 0.215 e. The first-order chi connectivity index (χ1) is 11.9. The van der Waals surface area contributed by atoms with Gasteiger partial charge in [-0.3, -0.25) is 0 Å². The molecule has 0 aromatic heterocycles. The van der Waals surface area contributed by atoms with Gasteiger partial charge in [0.2, 0.25) is 15.8 Å². The Bertz CT molecular complexity index is 674. The highest BCUT2D eigenvalue weighted by molar-refractivity contribution is 7.89. The molecule has 0 radical (unpaired) electrons. The molecule has 0 spiro atoms. The van der Waals surface area contributed by atoms with Gasteiger partial charge in [0.1, 0.15) is 18.1 Å². The minimum Gasteiger partial charge on any atom is -0.497 e. The molecule has 2 atom stereocenters. The maximum atomic E-state index is 12.1. The minimum absolute atomic E-state index is 0.0129. The van der Waals surface area contributed by atoms with Crippen LogP contribution in [0.15, 0.2) is 36.4 Å². The van der Waals surface area contributed by atoms with Crippen LogP contribution < -0.4 is 14.2 Å². The van der Waals surface area contributed by atoms with E-state index >= 15 is 0 Å². The molecule has 0 amide bonds. The Kier molecular flexibility index (Phi) is 6.79. The summed E-state index contributed by atoms with van der Waals surface area (Å²) in [6, 6.07) is 6.89. The van der Waals surface area contributed by atoms with Crippen molar-refractivity contribution >= 4 is 10.0 Å². The molecule has 1 aromatic rings. The van der Waals surface area contributed by atoms with Crippen LogP contribution in [0.1, 0.15) is 0 Å². The summed E-state index contributed by atoms with van der Waals surface area (Å²) in [5, 5.41) is 0. The summed E-state index contributed by atoms with van der Waals surface area (Å²) in [7, 11) is 0.931. The van der Waals surface area contributed by atoms with E-state index in [0.29, 0.717) is 11.5 Å². The van der Waals surface area contributed by atoms with Crippen LogP contribution in [0.2, 0.25) is 0 Å². The number of hydrogen-bond donors (Lipinski definition) is 1. The maximum absolute atomic E-state index is 12.1. The van der Waals surface area contributed by atoms with E-state index in [0.717, 1.165) is 0 Å². The Labute approximate surface area is 147 Å². The molecule has 1 aliphatic heterocycles. The highest BCUT2D eigenvalue weighted by Crippen LogP contribution is 2.24. The molecule has 2 unspecified atom stereocenters. The van der Waals surface area contributed by atoms with Crippen LogP contribution in [0, 0.1) is 0 Å². The molecular weight excluding hydrogens is 350 g/mol. The fraction of sp³-hybridized carbons (Fsp3) is 0.500. The third kappa shape index (κ3) is 5.68. The van der Waals surface area contributed by atoms with Crippen molar-refractivity contribution in [3.8, 4) is 11.5 Å². The second-order valence-corrected chi connectivity index (χ2v) is 7.19. The first-order valence-electron chi connectivity index (χ1n) is 7.61.